The maximum atomic E-state index is 8.65. The number of rotatable bonds is 1. The van der Waals surface area contributed by atoms with Crippen molar-refractivity contribution in [3.05, 3.63) is 167 Å². The minimum atomic E-state index is 0.151. The lowest BCUT2D eigenvalue weighted by atomic mass is 9.82. The van der Waals surface area contributed by atoms with E-state index in [1.54, 1.807) is 0 Å². The maximum Gasteiger partial charge on any atom is 0.0991 e. The van der Waals surface area contributed by atoms with Crippen LogP contribution in [-0.4, -0.2) is 0 Å². The van der Waals surface area contributed by atoms with Crippen LogP contribution in [0.4, 0.5) is 0 Å². The lowest BCUT2D eigenvalue weighted by molar-refractivity contribution is 0.469. The minimum absolute atomic E-state index is 0.151. The van der Waals surface area contributed by atoms with Crippen LogP contribution in [0.25, 0.3) is 33.0 Å². The summed E-state index contributed by atoms with van der Waals surface area (Å²) in [4.78, 5) is 0. The van der Waals surface area contributed by atoms with Crippen molar-refractivity contribution in [3.63, 3.8) is 0 Å². The summed E-state index contributed by atoms with van der Waals surface area (Å²) >= 11 is 0. The topological polar surface area (TPSA) is 47.6 Å². The summed E-state index contributed by atoms with van der Waals surface area (Å²) in [6.45, 7) is 33.0. The summed E-state index contributed by atoms with van der Waals surface area (Å²) in [6, 6.07) is 51.2. The monoisotopic (exact) mass is 757 g/mol. The normalized spacial score (nSPS) is 11.9. The van der Waals surface area contributed by atoms with E-state index in [1.165, 1.54) is 38.8 Å². The highest BCUT2D eigenvalue weighted by molar-refractivity contribution is 5.83. The molecule has 0 bridgehead atoms. The zero-order valence-corrected chi connectivity index (χ0v) is 37.7. The largest absolute Gasteiger partial charge is 0.192 e. The molecule has 0 radical (unpaired) electrons. The van der Waals surface area contributed by atoms with Crippen LogP contribution < -0.4 is 0 Å². The molecule has 0 amide bonds. The average Bonchev–Trinajstić information content (AvgIpc) is 3.35. The maximum absolute atomic E-state index is 8.65. The second-order valence-electron chi connectivity index (χ2n) is 19.9. The van der Waals surface area contributed by atoms with E-state index in [9.17, 15) is 0 Å². The second-order valence-corrected chi connectivity index (χ2v) is 19.9. The van der Waals surface area contributed by atoms with Gasteiger partial charge in [0, 0.05) is 5.41 Å². The number of benzene rings is 6. The van der Waals surface area contributed by atoms with Gasteiger partial charge < -0.3 is 0 Å². The van der Waals surface area contributed by atoms with E-state index in [0.717, 1.165) is 10.9 Å². The third-order valence-corrected chi connectivity index (χ3v) is 7.74. The summed E-state index contributed by atoms with van der Waals surface area (Å²) in [5, 5.41) is 19.6. The molecule has 0 saturated heterocycles. The second kappa shape index (κ2) is 21.2. The highest BCUT2D eigenvalue weighted by Gasteiger charge is 2.34. The van der Waals surface area contributed by atoms with Gasteiger partial charge in [0.15, 0.2) is 0 Å². The van der Waals surface area contributed by atoms with Crippen LogP contribution in [0.3, 0.4) is 0 Å². The number of hydrogen-bond acceptors (Lipinski definition) is 2. The minimum Gasteiger partial charge on any atom is -0.192 e. The van der Waals surface area contributed by atoms with Crippen LogP contribution >= 0.6 is 0 Å². The molecule has 6 aromatic rings. The van der Waals surface area contributed by atoms with Gasteiger partial charge in [0.1, 0.15) is 0 Å². The van der Waals surface area contributed by atoms with E-state index in [-0.39, 0.29) is 5.41 Å². The molecule has 0 N–H and O–H groups in total. The Kier molecular flexibility index (Phi) is 17.7. The van der Waals surface area contributed by atoms with Crippen molar-refractivity contribution in [3.8, 4) is 34.4 Å². The third kappa shape index (κ3) is 18.4. The van der Waals surface area contributed by atoms with Gasteiger partial charge in [0.05, 0.1) is 23.3 Å². The number of fused-ring (bicyclic) bond motifs is 4. The summed E-state index contributed by atoms with van der Waals surface area (Å²) in [7, 11) is 0. The average molecular weight is 757 g/mol. The molecular weight excluding hydrogens is 689 g/mol. The van der Waals surface area contributed by atoms with Gasteiger partial charge in [-0.15, -0.1) is 0 Å². The Balaban J connectivity index is 0.000000253. The first-order valence-electron chi connectivity index (χ1n) is 20.1. The van der Waals surface area contributed by atoms with Crippen molar-refractivity contribution in [2.24, 2.45) is 16.2 Å². The first-order chi connectivity index (χ1) is 26.4. The van der Waals surface area contributed by atoms with Crippen LogP contribution in [0.15, 0.2) is 140 Å². The molecule has 0 atom stereocenters. The molecule has 1 aliphatic carbocycles. The van der Waals surface area contributed by atoms with Gasteiger partial charge in [-0.05, 0) is 91.6 Å². The van der Waals surface area contributed by atoms with Gasteiger partial charge in [-0.2, -0.15) is 10.5 Å². The highest BCUT2D eigenvalue weighted by Crippen LogP contribution is 2.48. The predicted molar refractivity (Wildman–Crippen MR) is 249 cm³/mol. The molecule has 1 aliphatic rings. The van der Waals surface area contributed by atoms with Crippen molar-refractivity contribution in [2.45, 2.75) is 109 Å². The van der Waals surface area contributed by atoms with E-state index in [2.05, 4.69) is 171 Å². The van der Waals surface area contributed by atoms with E-state index in [4.69, 9.17) is 10.5 Å². The molecule has 0 spiro atoms. The van der Waals surface area contributed by atoms with Crippen LogP contribution in [0.2, 0.25) is 0 Å². The lowest BCUT2D eigenvalue weighted by Gasteiger charge is -2.21. The van der Waals surface area contributed by atoms with Crippen molar-refractivity contribution in [1.82, 2.24) is 0 Å². The Morgan fingerprint density at radius 3 is 1.35 bits per heavy atom. The number of nitriles is 2. The Bertz CT molecular complexity index is 2160. The molecule has 7 rings (SSSR count). The molecule has 57 heavy (non-hydrogen) atoms. The molecule has 298 valence electrons. The SMILES string of the molecule is CC(C)(C)C.CC(C)(C)C.CC(C)(C)C.Cc1ccc2c(c1)C(C)(C)c1ccccc1-2.N#Cc1ccc(-c2ccccc2)cc1.N#Cc1ccc2ccccc2c1. The summed E-state index contributed by atoms with van der Waals surface area (Å²) < 4.78 is 0. The van der Waals surface area contributed by atoms with Crippen molar-refractivity contribution in [1.29, 1.82) is 10.5 Å². The quantitative estimate of drug-likeness (QED) is 0.168. The van der Waals surface area contributed by atoms with E-state index in [1.807, 2.05) is 84.9 Å². The van der Waals surface area contributed by atoms with E-state index in [0.29, 0.717) is 27.4 Å². The van der Waals surface area contributed by atoms with Gasteiger partial charge in [0.2, 0.25) is 0 Å². The Labute approximate surface area is 347 Å². The molecule has 0 fully saturated rings. The fraction of sp³-hybridized carbons (Fsp3) is 0.345. The fourth-order valence-corrected chi connectivity index (χ4v) is 5.44. The van der Waals surface area contributed by atoms with Crippen LogP contribution in [0, 0.1) is 45.8 Å². The molecule has 0 unspecified atom stereocenters. The van der Waals surface area contributed by atoms with Crippen LogP contribution in [0.1, 0.15) is 125 Å². The standard InChI is InChI=1S/C16H16.C13H9N.C11H7N.3C5H12/c1-11-8-9-13-12-6-4-5-7-14(12)16(2,3)15(13)10-11;14-10-11-6-8-13(9-7-11)12-4-2-1-3-5-12;12-8-9-5-6-10-3-1-2-4-11(10)7-9;3*1-5(2,3)4/h4-10H,1-3H3;1-9H;1-7H;3*1-4H3. The van der Waals surface area contributed by atoms with Gasteiger partial charge in [-0.25, -0.2) is 0 Å². The zero-order valence-electron chi connectivity index (χ0n) is 37.7. The molecule has 2 heteroatoms. The molecule has 0 aromatic heterocycles. The van der Waals surface area contributed by atoms with Crippen molar-refractivity contribution >= 4 is 10.8 Å². The molecule has 6 aromatic carbocycles. The molecule has 0 saturated carbocycles. The van der Waals surface area contributed by atoms with Crippen LogP contribution in [-0.2, 0) is 5.41 Å². The highest BCUT2D eigenvalue weighted by atomic mass is 14.4. The first-order valence-corrected chi connectivity index (χ1v) is 20.1. The zero-order chi connectivity index (χ0) is 43.0. The Hall–Kier alpha value is -5.44. The number of hydrogen-bond donors (Lipinski definition) is 0. The summed E-state index contributed by atoms with van der Waals surface area (Å²) in [5.41, 5.74) is 12.5. The van der Waals surface area contributed by atoms with Crippen LogP contribution in [0.5, 0.6) is 0 Å². The third-order valence-electron chi connectivity index (χ3n) is 7.74. The van der Waals surface area contributed by atoms with Gasteiger partial charge in [0.25, 0.3) is 0 Å². The summed E-state index contributed by atoms with van der Waals surface area (Å²) in [6.07, 6.45) is 0. The molecule has 0 heterocycles. The predicted octanol–water partition coefficient (Wildman–Crippen LogP) is 16.4. The van der Waals surface area contributed by atoms with Crippen molar-refractivity contribution in [2.75, 3.05) is 0 Å². The summed E-state index contributed by atoms with van der Waals surface area (Å²) in [5.74, 6) is 0. The number of nitrogens with zero attached hydrogens (tertiary/aromatic N) is 2. The Morgan fingerprint density at radius 2 is 0.825 bits per heavy atom. The van der Waals surface area contributed by atoms with Gasteiger partial charge in [-0.3, -0.25) is 0 Å². The first kappa shape index (κ1) is 47.7. The molecule has 2 nitrogen and oxygen atoms in total. The smallest absolute Gasteiger partial charge is 0.0991 e. The molecule has 0 aliphatic heterocycles. The van der Waals surface area contributed by atoms with E-state index >= 15 is 0 Å². The van der Waals surface area contributed by atoms with Gasteiger partial charge in [-0.1, -0.05) is 218 Å². The van der Waals surface area contributed by atoms with Crippen molar-refractivity contribution < 1.29 is 0 Å². The van der Waals surface area contributed by atoms with Gasteiger partial charge >= 0.3 is 0 Å². The van der Waals surface area contributed by atoms with E-state index < -0.39 is 0 Å². The number of aryl methyl sites for hydroxylation is 1. The lowest BCUT2D eigenvalue weighted by Crippen LogP contribution is -2.14. The fourth-order valence-electron chi connectivity index (χ4n) is 5.44. The molecular formula is C55H68N2. The Morgan fingerprint density at radius 1 is 0.404 bits per heavy atom.